The van der Waals surface area contributed by atoms with Crippen LogP contribution >= 0.6 is 22.7 Å². The lowest BCUT2D eigenvalue weighted by atomic mass is 9.82. The molecule has 0 atom stereocenters. The van der Waals surface area contributed by atoms with E-state index in [0.717, 1.165) is 33.9 Å². The fourth-order valence-corrected chi connectivity index (χ4v) is 12.3. The van der Waals surface area contributed by atoms with Crippen LogP contribution in [-0.4, -0.2) is 0 Å². The van der Waals surface area contributed by atoms with E-state index in [9.17, 15) is 0 Å². The minimum atomic E-state index is -0.0642. The van der Waals surface area contributed by atoms with Crippen LogP contribution in [0.4, 0.5) is 32.8 Å². The third kappa shape index (κ3) is 7.09. The van der Waals surface area contributed by atoms with Gasteiger partial charge in [-0.05, 0) is 139 Å². The Morgan fingerprint density at radius 2 is 0.881 bits per heavy atom. The lowest BCUT2D eigenvalue weighted by Crippen LogP contribution is -2.15. The predicted molar refractivity (Wildman–Crippen MR) is 293 cm³/mol. The molecule has 0 spiro atoms. The van der Waals surface area contributed by atoms with Crippen molar-refractivity contribution in [1.29, 1.82) is 0 Å². The number of anilines is 6. The smallest absolute Gasteiger partial charge is 0.101 e. The summed E-state index contributed by atoms with van der Waals surface area (Å²) in [4.78, 5) is 4.88. The van der Waals surface area contributed by atoms with E-state index in [1.807, 2.05) is 34.8 Å². The summed E-state index contributed by atoms with van der Waals surface area (Å²) in [6.45, 7) is 12.6. The Balaban J connectivity index is 0.959. The Bertz CT molecular complexity index is 3630. The zero-order valence-electron chi connectivity index (χ0n) is 37.4. The van der Waals surface area contributed by atoms with Crippen molar-refractivity contribution in [2.24, 2.45) is 0 Å². The number of benzene rings is 9. The van der Waals surface area contributed by atoms with E-state index in [-0.39, 0.29) is 5.41 Å². The average molecular weight is 895 g/mol. The first-order valence-electron chi connectivity index (χ1n) is 22.8. The number of nitrogens with zero attached hydrogens (tertiary/aromatic N) is 2. The third-order valence-electron chi connectivity index (χ3n) is 13.6. The predicted octanol–water partition coefficient (Wildman–Crippen LogP) is 19.1. The summed E-state index contributed by atoms with van der Waals surface area (Å²) in [5.74, 6) is 0. The Hall–Kier alpha value is -7.76. The van der Waals surface area contributed by atoms with Gasteiger partial charge in [0.2, 0.25) is 0 Å². The summed E-state index contributed by atoms with van der Waals surface area (Å²) in [6, 6.07) is 76.0. The van der Waals surface area contributed by atoms with Crippen LogP contribution in [-0.2, 0) is 5.41 Å². The van der Waals surface area contributed by atoms with Crippen molar-refractivity contribution in [2.75, 3.05) is 9.80 Å². The number of hydrogen-bond acceptors (Lipinski definition) is 4. The summed E-state index contributed by atoms with van der Waals surface area (Å²) in [5.41, 5.74) is 16.8. The van der Waals surface area contributed by atoms with Crippen LogP contribution in [0, 0.1) is 0 Å². The van der Waals surface area contributed by atoms with Gasteiger partial charge >= 0.3 is 0 Å². The van der Waals surface area contributed by atoms with Gasteiger partial charge < -0.3 is 9.80 Å². The second-order valence-corrected chi connectivity index (χ2v) is 20.0. The lowest BCUT2D eigenvalue weighted by molar-refractivity contribution is 0.660. The van der Waals surface area contributed by atoms with Gasteiger partial charge in [0.05, 0.1) is 5.69 Å². The van der Waals surface area contributed by atoms with Crippen molar-refractivity contribution < 1.29 is 0 Å². The molecule has 0 bridgehead atoms. The lowest BCUT2D eigenvalue weighted by Gasteiger charge is -2.26. The van der Waals surface area contributed by atoms with Crippen molar-refractivity contribution in [3.05, 3.63) is 242 Å². The molecule has 11 aromatic rings. The molecular formula is C63H46N2S2. The second kappa shape index (κ2) is 16.3. The third-order valence-corrected chi connectivity index (χ3v) is 15.8. The number of hydrogen-bond donors (Lipinski definition) is 0. The summed E-state index contributed by atoms with van der Waals surface area (Å²) in [7, 11) is 0. The highest BCUT2D eigenvalue weighted by atomic mass is 32.1. The van der Waals surface area contributed by atoms with E-state index < -0.39 is 0 Å². The molecule has 320 valence electrons. The van der Waals surface area contributed by atoms with Gasteiger partial charge in [0.1, 0.15) is 10.0 Å². The van der Waals surface area contributed by atoms with E-state index in [4.69, 9.17) is 0 Å². The topological polar surface area (TPSA) is 6.48 Å². The van der Waals surface area contributed by atoms with Gasteiger partial charge in [0.25, 0.3) is 0 Å². The highest BCUT2D eigenvalue weighted by Gasteiger charge is 2.35. The van der Waals surface area contributed by atoms with Crippen LogP contribution in [0.25, 0.3) is 76.5 Å². The molecular weight excluding hydrogens is 849 g/mol. The highest BCUT2D eigenvalue weighted by molar-refractivity contribution is 7.24. The summed E-state index contributed by atoms with van der Waals surface area (Å²) >= 11 is 3.69. The van der Waals surface area contributed by atoms with E-state index in [2.05, 4.69) is 243 Å². The minimum Gasteiger partial charge on any atom is -0.302 e. The van der Waals surface area contributed by atoms with Crippen LogP contribution in [0.5, 0.6) is 0 Å². The monoisotopic (exact) mass is 894 g/mol. The van der Waals surface area contributed by atoms with Gasteiger partial charge in [-0.2, -0.15) is 0 Å². The van der Waals surface area contributed by atoms with Crippen LogP contribution in [0.15, 0.2) is 219 Å². The SMILES string of the molecule is C=Cc1ccc(-c2ccc(N(c3ccc4c(c3)-c3ccccc3C4(C)C)c3cc4cc5sc(N(c6ccc(-c7ccc(C=C)cc7)cc6)c6cccc7ccccc67)cc5cc4s3)cc2)cc1. The average Bonchev–Trinajstić information content (AvgIpc) is 4.05. The van der Waals surface area contributed by atoms with Gasteiger partial charge in [-0.15, -0.1) is 22.7 Å². The van der Waals surface area contributed by atoms with E-state index >= 15 is 0 Å². The Morgan fingerprint density at radius 3 is 1.48 bits per heavy atom. The molecule has 0 saturated carbocycles. The van der Waals surface area contributed by atoms with Crippen molar-refractivity contribution >= 4 is 98.5 Å². The number of fused-ring (bicyclic) bond motifs is 6. The Morgan fingerprint density at radius 1 is 0.403 bits per heavy atom. The zero-order chi connectivity index (χ0) is 45.2. The fourth-order valence-electron chi connectivity index (χ4n) is 10.0. The van der Waals surface area contributed by atoms with Crippen molar-refractivity contribution in [3.8, 4) is 33.4 Å². The van der Waals surface area contributed by atoms with Crippen LogP contribution < -0.4 is 9.80 Å². The molecule has 2 aromatic heterocycles. The van der Waals surface area contributed by atoms with Crippen molar-refractivity contribution in [2.45, 2.75) is 19.3 Å². The molecule has 4 heteroatoms. The van der Waals surface area contributed by atoms with Crippen LogP contribution in [0.3, 0.4) is 0 Å². The van der Waals surface area contributed by atoms with Crippen LogP contribution in [0.1, 0.15) is 36.1 Å². The summed E-state index contributed by atoms with van der Waals surface area (Å²) < 4.78 is 2.51. The maximum atomic E-state index is 3.94. The normalized spacial score (nSPS) is 12.6. The quantitative estimate of drug-likeness (QED) is 0.135. The van der Waals surface area contributed by atoms with E-state index in [1.54, 1.807) is 0 Å². The molecule has 67 heavy (non-hydrogen) atoms. The largest absolute Gasteiger partial charge is 0.302 e. The number of thiophene rings is 2. The molecule has 0 aliphatic heterocycles. The zero-order valence-corrected chi connectivity index (χ0v) is 39.0. The first-order valence-corrected chi connectivity index (χ1v) is 24.4. The van der Waals surface area contributed by atoms with E-state index in [0.29, 0.717) is 0 Å². The van der Waals surface area contributed by atoms with Crippen LogP contribution in [0.2, 0.25) is 0 Å². The molecule has 0 unspecified atom stereocenters. The molecule has 9 aromatic carbocycles. The molecule has 1 aliphatic rings. The van der Waals surface area contributed by atoms with Crippen molar-refractivity contribution in [1.82, 2.24) is 0 Å². The molecule has 2 nitrogen and oxygen atoms in total. The van der Waals surface area contributed by atoms with E-state index in [1.165, 1.54) is 85.5 Å². The van der Waals surface area contributed by atoms with Gasteiger partial charge in [0, 0.05) is 37.3 Å². The standard InChI is InChI=1S/C63H46N2S2/c1-5-41-18-22-43(23-19-41)45-26-30-50(31-27-45)64(52-34-35-57-55(40-52)54-15-9-10-16-56(54)63(57,3)4)61-38-48-36-60-49(37-59(48)66-61)39-62(67-60)65(58-17-11-13-47-12-7-8-14-53(47)58)51-32-28-46(29-33-51)44-24-20-42(6-2)21-25-44/h5-40H,1-2H2,3-4H3. The van der Waals surface area contributed by atoms with Crippen molar-refractivity contribution in [3.63, 3.8) is 0 Å². The molecule has 0 N–H and O–H groups in total. The minimum absolute atomic E-state index is 0.0642. The maximum absolute atomic E-state index is 3.94. The molecule has 12 rings (SSSR count). The maximum Gasteiger partial charge on any atom is 0.101 e. The van der Waals surface area contributed by atoms with Gasteiger partial charge in [-0.1, -0.05) is 179 Å². The van der Waals surface area contributed by atoms with Gasteiger partial charge in [-0.3, -0.25) is 0 Å². The molecule has 0 radical (unpaired) electrons. The summed E-state index contributed by atoms with van der Waals surface area (Å²) in [6.07, 6.45) is 3.78. The summed E-state index contributed by atoms with van der Waals surface area (Å²) in [5, 5.41) is 7.26. The first kappa shape index (κ1) is 40.7. The Kier molecular flexibility index (Phi) is 9.90. The molecule has 1 aliphatic carbocycles. The van der Waals surface area contributed by atoms with Gasteiger partial charge in [-0.25, -0.2) is 0 Å². The first-order chi connectivity index (χ1) is 32.8. The van der Waals surface area contributed by atoms with Gasteiger partial charge in [0.15, 0.2) is 0 Å². The Labute approximate surface area is 400 Å². The fraction of sp³-hybridized carbons (Fsp3) is 0.0476. The second-order valence-electron chi connectivity index (χ2n) is 17.9. The number of rotatable bonds is 10. The molecule has 2 heterocycles. The molecule has 0 amide bonds. The molecule has 0 fully saturated rings. The molecule has 0 saturated heterocycles. The highest BCUT2D eigenvalue weighted by Crippen LogP contribution is 2.52.